The molecule has 1 fully saturated rings. The average Bonchev–Trinajstić information content (AvgIpc) is 2.89. The lowest BCUT2D eigenvalue weighted by Gasteiger charge is -2.13. The lowest BCUT2D eigenvalue weighted by molar-refractivity contribution is 0.814. The van der Waals surface area contributed by atoms with Gasteiger partial charge >= 0.3 is 0 Å². The van der Waals surface area contributed by atoms with Crippen molar-refractivity contribution >= 4 is 22.8 Å². The lowest BCUT2D eigenvalue weighted by atomic mass is 9.94. The molecule has 0 radical (unpaired) electrons. The van der Waals surface area contributed by atoms with Crippen LogP contribution >= 0.6 is 0 Å². The molecule has 0 spiro atoms. The van der Waals surface area contributed by atoms with Crippen LogP contribution in [0.2, 0.25) is 0 Å². The van der Waals surface area contributed by atoms with Crippen LogP contribution in [0.5, 0.6) is 0 Å². The molecule has 0 saturated heterocycles. The largest absolute Gasteiger partial charge is 0.255 e. The van der Waals surface area contributed by atoms with E-state index in [2.05, 4.69) is 42.5 Å². The van der Waals surface area contributed by atoms with Gasteiger partial charge in [0.2, 0.25) is 0 Å². The number of hydrogen-bond donors (Lipinski definition) is 0. The molecule has 0 aromatic heterocycles. The first-order valence-electron chi connectivity index (χ1n) is 7.22. The van der Waals surface area contributed by atoms with Crippen molar-refractivity contribution in [3.05, 3.63) is 60.2 Å². The smallest absolute Gasteiger partial charge is 0.0889 e. The fourth-order valence-electron chi connectivity index (χ4n) is 3.15. The maximum atomic E-state index is 4.95. The topological polar surface area (TPSA) is 24.7 Å². The molecular weight excluding hydrogens is 244 g/mol. The van der Waals surface area contributed by atoms with E-state index in [4.69, 9.17) is 9.98 Å². The van der Waals surface area contributed by atoms with E-state index in [1.807, 2.05) is 12.1 Å². The molecule has 2 nitrogen and oxygen atoms in total. The molecule has 2 aromatic carbocycles. The Balaban J connectivity index is 1.93. The molecule has 4 rings (SSSR count). The molecule has 2 heteroatoms. The summed E-state index contributed by atoms with van der Waals surface area (Å²) in [6.45, 7) is 0. The SMILES string of the molecule is c1ccc(C2=Nc3ccccc3N=C3CCC[C@H]32)cc1. The van der Waals surface area contributed by atoms with Crippen LogP contribution in [0.1, 0.15) is 24.8 Å². The van der Waals surface area contributed by atoms with Gasteiger partial charge in [0, 0.05) is 11.6 Å². The number of aliphatic imine (C=N–C) groups is 2. The third-order valence-electron chi connectivity index (χ3n) is 4.11. The Morgan fingerprint density at radius 1 is 0.800 bits per heavy atom. The Labute approximate surface area is 118 Å². The van der Waals surface area contributed by atoms with Gasteiger partial charge in [0.1, 0.15) is 0 Å². The van der Waals surface area contributed by atoms with Gasteiger partial charge in [0.05, 0.1) is 17.1 Å². The highest BCUT2D eigenvalue weighted by Crippen LogP contribution is 2.37. The third kappa shape index (κ3) is 1.88. The van der Waals surface area contributed by atoms with Crippen LogP contribution in [0.15, 0.2) is 64.6 Å². The molecule has 1 aliphatic heterocycles. The molecule has 0 unspecified atom stereocenters. The van der Waals surface area contributed by atoms with Gasteiger partial charge in [-0.25, -0.2) is 4.99 Å². The van der Waals surface area contributed by atoms with E-state index in [1.165, 1.54) is 29.8 Å². The van der Waals surface area contributed by atoms with Crippen LogP contribution in [-0.2, 0) is 0 Å². The normalized spacial score (nSPS) is 20.5. The van der Waals surface area contributed by atoms with Gasteiger partial charge in [-0.1, -0.05) is 42.5 Å². The Morgan fingerprint density at radius 2 is 1.50 bits per heavy atom. The summed E-state index contributed by atoms with van der Waals surface area (Å²) in [5, 5.41) is 0. The van der Waals surface area contributed by atoms with Crippen molar-refractivity contribution in [2.75, 3.05) is 0 Å². The van der Waals surface area contributed by atoms with Crippen LogP contribution in [0.3, 0.4) is 0 Å². The molecule has 1 aliphatic carbocycles. The molecule has 2 aromatic rings. The second-order valence-corrected chi connectivity index (χ2v) is 5.40. The minimum Gasteiger partial charge on any atom is -0.255 e. The first-order valence-corrected chi connectivity index (χ1v) is 7.22. The summed E-state index contributed by atoms with van der Waals surface area (Å²) in [5.74, 6) is 0.393. The molecule has 98 valence electrons. The van der Waals surface area contributed by atoms with E-state index in [0.717, 1.165) is 17.8 Å². The maximum absolute atomic E-state index is 4.95. The molecular formula is C18H16N2. The van der Waals surface area contributed by atoms with Crippen LogP contribution in [0.4, 0.5) is 11.4 Å². The number of rotatable bonds is 1. The van der Waals surface area contributed by atoms with Gasteiger partial charge in [-0.05, 0) is 37.0 Å². The molecule has 1 saturated carbocycles. The maximum Gasteiger partial charge on any atom is 0.0889 e. The number of para-hydroxylation sites is 2. The van der Waals surface area contributed by atoms with E-state index in [1.54, 1.807) is 0 Å². The number of fused-ring (bicyclic) bond motifs is 2. The van der Waals surface area contributed by atoms with E-state index in [9.17, 15) is 0 Å². The summed E-state index contributed by atoms with van der Waals surface area (Å²) in [6, 6.07) is 18.7. The van der Waals surface area contributed by atoms with Crippen molar-refractivity contribution in [1.82, 2.24) is 0 Å². The highest BCUT2D eigenvalue weighted by Gasteiger charge is 2.30. The standard InChI is InChI=1S/C18H16N2/c1-2-7-13(8-3-1)18-14-9-6-12-15(14)19-16-10-4-5-11-17(16)20-18/h1-5,7-8,10-11,14H,6,9,12H2/t14-/m1/s1. The van der Waals surface area contributed by atoms with Crippen molar-refractivity contribution in [2.45, 2.75) is 19.3 Å². The van der Waals surface area contributed by atoms with E-state index < -0.39 is 0 Å². The van der Waals surface area contributed by atoms with Crippen molar-refractivity contribution in [3.63, 3.8) is 0 Å². The lowest BCUT2D eigenvalue weighted by Crippen LogP contribution is -2.19. The highest BCUT2D eigenvalue weighted by atomic mass is 14.9. The predicted octanol–water partition coefficient (Wildman–Crippen LogP) is 4.69. The van der Waals surface area contributed by atoms with Crippen LogP contribution in [-0.4, -0.2) is 11.4 Å². The Bertz CT molecular complexity index is 698. The highest BCUT2D eigenvalue weighted by molar-refractivity contribution is 6.18. The molecule has 1 heterocycles. The third-order valence-corrected chi connectivity index (χ3v) is 4.11. The fourth-order valence-corrected chi connectivity index (χ4v) is 3.15. The quantitative estimate of drug-likeness (QED) is 0.710. The predicted molar refractivity (Wildman–Crippen MR) is 83.5 cm³/mol. The average molecular weight is 260 g/mol. The van der Waals surface area contributed by atoms with Crippen molar-refractivity contribution in [3.8, 4) is 0 Å². The summed E-state index contributed by atoms with van der Waals surface area (Å²) in [7, 11) is 0. The summed E-state index contributed by atoms with van der Waals surface area (Å²) >= 11 is 0. The molecule has 20 heavy (non-hydrogen) atoms. The second kappa shape index (κ2) is 4.71. The van der Waals surface area contributed by atoms with Crippen LogP contribution in [0, 0.1) is 5.92 Å². The summed E-state index contributed by atoms with van der Waals surface area (Å²) in [6.07, 6.45) is 3.49. The summed E-state index contributed by atoms with van der Waals surface area (Å²) in [5.41, 5.74) is 5.72. The minimum absolute atomic E-state index is 0.393. The summed E-state index contributed by atoms with van der Waals surface area (Å²) in [4.78, 5) is 9.83. The number of hydrogen-bond acceptors (Lipinski definition) is 2. The van der Waals surface area contributed by atoms with Crippen molar-refractivity contribution in [1.29, 1.82) is 0 Å². The van der Waals surface area contributed by atoms with E-state index in [-0.39, 0.29) is 0 Å². The molecule has 0 amide bonds. The van der Waals surface area contributed by atoms with Gasteiger partial charge < -0.3 is 0 Å². The zero-order valence-electron chi connectivity index (χ0n) is 11.3. The van der Waals surface area contributed by atoms with Gasteiger partial charge in [-0.15, -0.1) is 0 Å². The van der Waals surface area contributed by atoms with Gasteiger partial charge in [-0.3, -0.25) is 4.99 Å². The zero-order valence-corrected chi connectivity index (χ0v) is 11.3. The first kappa shape index (κ1) is 11.6. The molecule has 2 aliphatic rings. The number of nitrogens with zero attached hydrogens (tertiary/aromatic N) is 2. The Kier molecular flexibility index (Phi) is 2.73. The summed E-state index contributed by atoms with van der Waals surface area (Å²) < 4.78 is 0. The van der Waals surface area contributed by atoms with Crippen molar-refractivity contribution in [2.24, 2.45) is 15.9 Å². The van der Waals surface area contributed by atoms with Crippen LogP contribution in [0.25, 0.3) is 0 Å². The molecule has 0 N–H and O–H groups in total. The van der Waals surface area contributed by atoms with Gasteiger partial charge in [-0.2, -0.15) is 0 Å². The Hall–Kier alpha value is -2.22. The minimum atomic E-state index is 0.393. The second-order valence-electron chi connectivity index (χ2n) is 5.40. The number of benzene rings is 2. The van der Waals surface area contributed by atoms with E-state index in [0.29, 0.717) is 5.92 Å². The Morgan fingerprint density at radius 3 is 2.30 bits per heavy atom. The molecule has 0 bridgehead atoms. The van der Waals surface area contributed by atoms with Crippen molar-refractivity contribution < 1.29 is 0 Å². The monoisotopic (exact) mass is 260 g/mol. The van der Waals surface area contributed by atoms with E-state index >= 15 is 0 Å². The van der Waals surface area contributed by atoms with Gasteiger partial charge in [0.15, 0.2) is 0 Å². The van der Waals surface area contributed by atoms with Gasteiger partial charge in [0.25, 0.3) is 0 Å². The van der Waals surface area contributed by atoms with Crippen LogP contribution < -0.4 is 0 Å². The first-order chi connectivity index (χ1) is 9.92. The zero-order chi connectivity index (χ0) is 13.4. The molecule has 1 atom stereocenters. The fraction of sp³-hybridized carbons (Fsp3) is 0.222.